The first kappa shape index (κ1) is 16.3. The van der Waals surface area contributed by atoms with Gasteiger partial charge >= 0.3 is 0 Å². The normalized spacial score (nSPS) is 29.6. The number of rotatable bonds is 6. The molecule has 2 aliphatic rings. The Morgan fingerprint density at radius 2 is 1.30 bits per heavy atom. The summed E-state index contributed by atoms with van der Waals surface area (Å²) in [5, 5.41) is 0. The molecule has 2 aliphatic carbocycles. The van der Waals surface area contributed by atoms with Gasteiger partial charge in [-0.05, 0) is 50.7 Å². The molecule has 2 unspecified atom stereocenters. The molecule has 0 N–H and O–H groups in total. The van der Waals surface area contributed by atoms with E-state index in [9.17, 15) is 0 Å². The predicted molar refractivity (Wildman–Crippen MR) is 89.0 cm³/mol. The Labute approximate surface area is 127 Å². The van der Waals surface area contributed by atoms with Crippen LogP contribution in [0.3, 0.4) is 0 Å². The van der Waals surface area contributed by atoms with E-state index in [1.54, 1.807) is 0 Å². The first-order valence-corrected chi connectivity index (χ1v) is 9.42. The summed E-state index contributed by atoms with van der Waals surface area (Å²) >= 11 is 0. The van der Waals surface area contributed by atoms with Crippen LogP contribution in [0.5, 0.6) is 0 Å². The molecule has 118 valence electrons. The first-order valence-electron chi connectivity index (χ1n) is 9.42. The molecular weight excluding hydrogens is 242 g/mol. The van der Waals surface area contributed by atoms with Crippen LogP contribution in [0.25, 0.3) is 0 Å². The van der Waals surface area contributed by atoms with Crippen LogP contribution < -0.4 is 0 Å². The third-order valence-electron chi connectivity index (χ3n) is 5.94. The van der Waals surface area contributed by atoms with E-state index in [1.807, 2.05) is 0 Å². The fraction of sp³-hybridized carbons (Fsp3) is 1.00. The fourth-order valence-corrected chi connectivity index (χ4v) is 4.25. The minimum Gasteiger partial charge on any atom is -0.306 e. The standard InChI is InChI=1S/C19H37N/c1-17-7-6-10-19(12-11-17)14-16-20(2)15-13-18-8-4-3-5-9-18/h17-19H,3-16H2,1-2H3. The van der Waals surface area contributed by atoms with Gasteiger partial charge in [-0.2, -0.15) is 0 Å². The molecular formula is C19H37N. The van der Waals surface area contributed by atoms with Crippen LogP contribution in [0.2, 0.25) is 0 Å². The van der Waals surface area contributed by atoms with E-state index in [0.29, 0.717) is 0 Å². The Hall–Kier alpha value is -0.0400. The second-order valence-corrected chi connectivity index (χ2v) is 7.86. The Kier molecular flexibility index (Phi) is 7.41. The molecule has 0 amide bonds. The van der Waals surface area contributed by atoms with Gasteiger partial charge in [0.25, 0.3) is 0 Å². The molecule has 0 aromatic carbocycles. The van der Waals surface area contributed by atoms with E-state index in [-0.39, 0.29) is 0 Å². The first-order chi connectivity index (χ1) is 9.74. The Morgan fingerprint density at radius 3 is 2.00 bits per heavy atom. The summed E-state index contributed by atoms with van der Waals surface area (Å²) in [6.45, 7) is 5.12. The highest BCUT2D eigenvalue weighted by Crippen LogP contribution is 2.29. The zero-order valence-corrected chi connectivity index (χ0v) is 14.1. The Bertz CT molecular complexity index is 244. The second kappa shape index (κ2) is 9.07. The summed E-state index contributed by atoms with van der Waals surface area (Å²) in [4.78, 5) is 2.61. The van der Waals surface area contributed by atoms with Crippen molar-refractivity contribution in [2.45, 2.75) is 84.0 Å². The van der Waals surface area contributed by atoms with Gasteiger partial charge in [0.1, 0.15) is 0 Å². The zero-order chi connectivity index (χ0) is 14.2. The van der Waals surface area contributed by atoms with Crippen LogP contribution >= 0.6 is 0 Å². The average Bonchev–Trinajstić information content (AvgIpc) is 2.68. The maximum atomic E-state index is 2.61. The molecule has 2 atom stereocenters. The van der Waals surface area contributed by atoms with Crippen molar-refractivity contribution in [3.8, 4) is 0 Å². The van der Waals surface area contributed by atoms with Crippen molar-refractivity contribution in [1.82, 2.24) is 4.90 Å². The summed E-state index contributed by atoms with van der Waals surface area (Å²) in [7, 11) is 2.35. The summed E-state index contributed by atoms with van der Waals surface area (Å²) in [6.07, 6.45) is 17.9. The minimum atomic E-state index is 0.990. The van der Waals surface area contributed by atoms with E-state index >= 15 is 0 Å². The third-order valence-corrected chi connectivity index (χ3v) is 5.94. The van der Waals surface area contributed by atoms with Gasteiger partial charge in [0.2, 0.25) is 0 Å². The molecule has 20 heavy (non-hydrogen) atoms. The maximum Gasteiger partial charge on any atom is -0.00191 e. The zero-order valence-electron chi connectivity index (χ0n) is 14.1. The second-order valence-electron chi connectivity index (χ2n) is 7.86. The molecule has 0 aromatic heterocycles. The number of hydrogen-bond acceptors (Lipinski definition) is 1. The van der Waals surface area contributed by atoms with Crippen molar-refractivity contribution in [2.24, 2.45) is 17.8 Å². The molecule has 0 saturated heterocycles. The molecule has 0 aromatic rings. The monoisotopic (exact) mass is 279 g/mol. The number of hydrogen-bond donors (Lipinski definition) is 0. The van der Waals surface area contributed by atoms with Crippen molar-refractivity contribution >= 4 is 0 Å². The summed E-state index contributed by atoms with van der Waals surface area (Å²) in [5.41, 5.74) is 0. The number of nitrogens with zero attached hydrogens (tertiary/aromatic N) is 1. The SMILES string of the molecule is CC1CCCC(CCN(C)CCC2CCCCC2)CC1. The van der Waals surface area contributed by atoms with Crippen molar-refractivity contribution in [3.63, 3.8) is 0 Å². The topological polar surface area (TPSA) is 3.24 Å². The van der Waals surface area contributed by atoms with Gasteiger partial charge in [-0.1, -0.05) is 71.1 Å². The van der Waals surface area contributed by atoms with Gasteiger partial charge in [0, 0.05) is 0 Å². The summed E-state index contributed by atoms with van der Waals surface area (Å²) in [6, 6.07) is 0. The van der Waals surface area contributed by atoms with Gasteiger partial charge < -0.3 is 4.90 Å². The smallest absolute Gasteiger partial charge is 0.00191 e. The lowest BCUT2D eigenvalue weighted by Crippen LogP contribution is -2.25. The summed E-state index contributed by atoms with van der Waals surface area (Å²) in [5.74, 6) is 3.06. The van der Waals surface area contributed by atoms with E-state index in [0.717, 1.165) is 17.8 Å². The molecule has 2 fully saturated rings. The molecule has 0 radical (unpaired) electrons. The molecule has 0 spiro atoms. The van der Waals surface area contributed by atoms with Crippen LogP contribution in [0.4, 0.5) is 0 Å². The van der Waals surface area contributed by atoms with Crippen molar-refractivity contribution in [1.29, 1.82) is 0 Å². The Morgan fingerprint density at radius 1 is 0.700 bits per heavy atom. The van der Waals surface area contributed by atoms with Gasteiger partial charge in [0.15, 0.2) is 0 Å². The van der Waals surface area contributed by atoms with Crippen LogP contribution in [-0.4, -0.2) is 25.0 Å². The third kappa shape index (κ3) is 6.16. The molecule has 0 aliphatic heterocycles. The molecule has 0 heterocycles. The maximum absolute atomic E-state index is 2.61. The molecule has 2 rings (SSSR count). The molecule has 0 bridgehead atoms. The largest absolute Gasteiger partial charge is 0.306 e. The van der Waals surface area contributed by atoms with Crippen LogP contribution in [0, 0.1) is 17.8 Å². The molecule has 2 saturated carbocycles. The molecule has 1 nitrogen and oxygen atoms in total. The summed E-state index contributed by atoms with van der Waals surface area (Å²) < 4.78 is 0. The highest BCUT2D eigenvalue weighted by molar-refractivity contribution is 4.71. The van der Waals surface area contributed by atoms with E-state index in [4.69, 9.17) is 0 Å². The van der Waals surface area contributed by atoms with E-state index in [2.05, 4.69) is 18.9 Å². The lowest BCUT2D eigenvalue weighted by atomic mass is 9.87. The van der Waals surface area contributed by atoms with Crippen LogP contribution in [0.15, 0.2) is 0 Å². The quantitative estimate of drug-likeness (QED) is 0.581. The van der Waals surface area contributed by atoms with Gasteiger partial charge in [0.05, 0.1) is 0 Å². The molecule has 1 heteroatoms. The predicted octanol–water partition coefficient (Wildman–Crippen LogP) is 5.50. The van der Waals surface area contributed by atoms with Crippen molar-refractivity contribution in [3.05, 3.63) is 0 Å². The van der Waals surface area contributed by atoms with E-state index < -0.39 is 0 Å². The fourth-order valence-electron chi connectivity index (χ4n) is 4.25. The Balaban J connectivity index is 1.55. The van der Waals surface area contributed by atoms with Crippen LogP contribution in [0.1, 0.15) is 84.0 Å². The highest BCUT2D eigenvalue weighted by Gasteiger charge is 2.17. The van der Waals surface area contributed by atoms with Crippen LogP contribution in [-0.2, 0) is 0 Å². The van der Waals surface area contributed by atoms with E-state index in [1.165, 1.54) is 90.1 Å². The lowest BCUT2D eigenvalue weighted by molar-refractivity contribution is 0.246. The highest BCUT2D eigenvalue weighted by atomic mass is 15.1. The van der Waals surface area contributed by atoms with Gasteiger partial charge in [-0.3, -0.25) is 0 Å². The van der Waals surface area contributed by atoms with Crippen molar-refractivity contribution < 1.29 is 0 Å². The van der Waals surface area contributed by atoms with Gasteiger partial charge in [-0.25, -0.2) is 0 Å². The lowest BCUT2D eigenvalue weighted by Gasteiger charge is -2.25. The van der Waals surface area contributed by atoms with Gasteiger partial charge in [-0.15, -0.1) is 0 Å². The van der Waals surface area contributed by atoms with Crippen molar-refractivity contribution in [2.75, 3.05) is 20.1 Å². The minimum absolute atomic E-state index is 0.990. The average molecular weight is 280 g/mol.